The van der Waals surface area contributed by atoms with Gasteiger partial charge in [0.05, 0.1) is 5.69 Å². The molecule has 1 heteroatoms. The summed E-state index contributed by atoms with van der Waals surface area (Å²) in [5, 5.41) is 2.51. The summed E-state index contributed by atoms with van der Waals surface area (Å²) in [6.45, 7) is 9.22. The van der Waals surface area contributed by atoms with E-state index in [9.17, 15) is 0 Å². The van der Waals surface area contributed by atoms with Crippen molar-refractivity contribution in [3.8, 4) is 0 Å². The molecule has 0 aliphatic heterocycles. The van der Waals surface area contributed by atoms with E-state index in [1.807, 2.05) is 0 Å². The van der Waals surface area contributed by atoms with Crippen molar-refractivity contribution in [1.82, 2.24) is 0 Å². The first-order valence-corrected chi connectivity index (χ1v) is 10.4. The molecule has 4 rings (SSSR count). The van der Waals surface area contributed by atoms with Crippen LogP contribution in [0.4, 0.5) is 17.1 Å². The normalized spacial score (nSPS) is 12.7. The summed E-state index contributed by atoms with van der Waals surface area (Å²) in [6, 6.07) is 34.8. The molecule has 146 valence electrons. The SMILES string of the molecule is CC(c1ccc(N(c2ccccc2)c2cccc3ccccc23)cc1)C(C)(C)C. The number of para-hydroxylation sites is 1. The highest BCUT2D eigenvalue weighted by atomic mass is 15.1. The Hall–Kier alpha value is -3.06. The molecule has 0 saturated carbocycles. The number of hydrogen-bond acceptors (Lipinski definition) is 1. The Balaban J connectivity index is 1.84. The molecule has 0 aliphatic rings. The molecule has 0 fully saturated rings. The van der Waals surface area contributed by atoms with Gasteiger partial charge in [0, 0.05) is 16.8 Å². The topological polar surface area (TPSA) is 3.24 Å². The molecule has 0 saturated heterocycles. The molecule has 4 aromatic carbocycles. The maximum atomic E-state index is 2.36. The highest BCUT2D eigenvalue weighted by Crippen LogP contribution is 2.40. The molecule has 0 N–H and O–H groups in total. The van der Waals surface area contributed by atoms with Gasteiger partial charge in [-0.2, -0.15) is 0 Å². The molecular weight excluding hydrogens is 350 g/mol. The summed E-state index contributed by atoms with van der Waals surface area (Å²) in [4.78, 5) is 2.36. The van der Waals surface area contributed by atoms with Crippen LogP contribution in [0.25, 0.3) is 10.8 Å². The molecular formula is C28H29N. The fourth-order valence-electron chi connectivity index (χ4n) is 3.82. The van der Waals surface area contributed by atoms with Gasteiger partial charge in [-0.15, -0.1) is 0 Å². The van der Waals surface area contributed by atoms with E-state index in [1.165, 1.54) is 33.4 Å². The van der Waals surface area contributed by atoms with Crippen molar-refractivity contribution in [3.05, 3.63) is 103 Å². The lowest BCUT2D eigenvalue weighted by Gasteiger charge is -2.29. The number of rotatable bonds is 4. The average molecular weight is 380 g/mol. The molecule has 0 spiro atoms. The summed E-state index contributed by atoms with van der Waals surface area (Å²) in [5.41, 5.74) is 5.17. The maximum Gasteiger partial charge on any atom is 0.0540 e. The van der Waals surface area contributed by atoms with E-state index >= 15 is 0 Å². The van der Waals surface area contributed by atoms with Gasteiger partial charge in [-0.25, -0.2) is 0 Å². The van der Waals surface area contributed by atoms with E-state index in [1.54, 1.807) is 0 Å². The highest BCUT2D eigenvalue weighted by molar-refractivity contribution is 5.98. The molecule has 1 atom stereocenters. The van der Waals surface area contributed by atoms with Crippen molar-refractivity contribution in [2.24, 2.45) is 5.41 Å². The maximum absolute atomic E-state index is 2.36. The number of fused-ring (bicyclic) bond motifs is 1. The molecule has 0 amide bonds. The van der Waals surface area contributed by atoms with E-state index in [2.05, 4.69) is 130 Å². The second kappa shape index (κ2) is 7.75. The summed E-state index contributed by atoms with van der Waals surface area (Å²) >= 11 is 0. The molecule has 0 aromatic heterocycles. The van der Waals surface area contributed by atoms with Gasteiger partial charge in [0.15, 0.2) is 0 Å². The van der Waals surface area contributed by atoms with Gasteiger partial charge in [-0.05, 0) is 52.6 Å². The largest absolute Gasteiger partial charge is 0.310 e. The second-order valence-corrected chi connectivity index (χ2v) is 8.85. The Kier molecular flexibility index (Phi) is 5.15. The van der Waals surface area contributed by atoms with Crippen molar-refractivity contribution in [2.75, 3.05) is 4.90 Å². The smallest absolute Gasteiger partial charge is 0.0540 e. The minimum Gasteiger partial charge on any atom is -0.310 e. The fraction of sp³-hybridized carbons (Fsp3) is 0.214. The van der Waals surface area contributed by atoms with E-state index in [0.29, 0.717) is 5.92 Å². The quantitative estimate of drug-likeness (QED) is 0.344. The van der Waals surface area contributed by atoms with Crippen LogP contribution >= 0.6 is 0 Å². The Morgan fingerprint density at radius 1 is 0.621 bits per heavy atom. The first kappa shape index (κ1) is 19.3. The van der Waals surface area contributed by atoms with E-state index < -0.39 is 0 Å². The Morgan fingerprint density at radius 2 is 1.21 bits per heavy atom. The van der Waals surface area contributed by atoms with Crippen LogP contribution in [0.3, 0.4) is 0 Å². The van der Waals surface area contributed by atoms with Crippen LogP contribution in [-0.2, 0) is 0 Å². The van der Waals surface area contributed by atoms with Crippen molar-refractivity contribution >= 4 is 27.8 Å². The fourth-order valence-corrected chi connectivity index (χ4v) is 3.82. The van der Waals surface area contributed by atoms with Crippen LogP contribution in [0.1, 0.15) is 39.2 Å². The molecule has 0 bridgehead atoms. The highest BCUT2D eigenvalue weighted by Gasteiger charge is 2.22. The molecule has 0 aliphatic carbocycles. The standard InChI is InChI=1S/C28H29N/c1-21(28(2,3)4)22-17-19-25(20-18-22)29(24-13-6-5-7-14-24)27-16-10-12-23-11-8-9-15-26(23)27/h5-21H,1-4H3. The Bertz CT molecular complexity index is 1080. The molecule has 0 heterocycles. The van der Waals surface area contributed by atoms with Crippen LogP contribution in [0.2, 0.25) is 0 Å². The van der Waals surface area contributed by atoms with Gasteiger partial charge in [0.2, 0.25) is 0 Å². The van der Waals surface area contributed by atoms with Crippen molar-refractivity contribution in [3.63, 3.8) is 0 Å². The van der Waals surface area contributed by atoms with Crippen LogP contribution in [0.15, 0.2) is 97.1 Å². The summed E-state index contributed by atoms with van der Waals surface area (Å²) in [6.07, 6.45) is 0. The van der Waals surface area contributed by atoms with E-state index in [-0.39, 0.29) is 5.41 Å². The van der Waals surface area contributed by atoms with Gasteiger partial charge >= 0.3 is 0 Å². The Morgan fingerprint density at radius 3 is 1.90 bits per heavy atom. The Labute approximate surface area is 174 Å². The second-order valence-electron chi connectivity index (χ2n) is 8.85. The number of nitrogens with zero attached hydrogens (tertiary/aromatic N) is 1. The van der Waals surface area contributed by atoms with Gasteiger partial charge < -0.3 is 4.90 Å². The van der Waals surface area contributed by atoms with Gasteiger partial charge in [0.1, 0.15) is 0 Å². The van der Waals surface area contributed by atoms with Crippen LogP contribution in [0, 0.1) is 5.41 Å². The zero-order valence-electron chi connectivity index (χ0n) is 17.8. The summed E-state index contributed by atoms with van der Waals surface area (Å²) in [5.74, 6) is 0.499. The summed E-state index contributed by atoms with van der Waals surface area (Å²) in [7, 11) is 0. The van der Waals surface area contributed by atoms with Crippen molar-refractivity contribution < 1.29 is 0 Å². The predicted octanol–water partition coefficient (Wildman–Crippen LogP) is 8.46. The lowest BCUT2D eigenvalue weighted by molar-refractivity contribution is 0.339. The molecule has 29 heavy (non-hydrogen) atoms. The van der Waals surface area contributed by atoms with Crippen LogP contribution < -0.4 is 4.90 Å². The van der Waals surface area contributed by atoms with Gasteiger partial charge in [0.25, 0.3) is 0 Å². The monoisotopic (exact) mass is 379 g/mol. The van der Waals surface area contributed by atoms with E-state index in [4.69, 9.17) is 0 Å². The third-order valence-electron chi connectivity index (χ3n) is 5.97. The molecule has 1 nitrogen and oxygen atoms in total. The first-order chi connectivity index (χ1) is 13.9. The zero-order chi connectivity index (χ0) is 20.4. The number of hydrogen-bond donors (Lipinski definition) is 0. The first-order valence-electron chi connectivity index (χ1n) is 10.4. The van der Waals surface area contributed by atoms with Crippen LogP contribution in [0.5, 0.6) is 0 Å². The minimum absolute atomic E-state index is 0.246. The third kappa shape index (κ3) is 3.91. The van der Waals surface area contributed by atoms with Gasteiger partial charge in [-0.3, -0.25) is 0 Å². The van der Waals surface area contributed by atoms with Crippen molar-refractivity contribution in [1.29, 1.82) is 0 Å². The summed E-state index contributed by atoms with van der Waals surface area (Å²) < 4.78 is 0. The van der Waals surface area contributed by atoms with E-state index in [0.717, 1.165) is 0 Å². The number of benzene rings is 4. The third-order valence-corrected chi connectivity index (χ3v) is 5.97. The minimum atomic E-state index is 0.246. The molecule has 1 unspecified atom stereocenters. The average Bonchev–Trinajstić information content (AvgIpc) is 2.74. The zero-order valence-corrected chi connectivity index (χ0v) is 17.8. The predicted molar refractivity (Wildman–Crippen MR) is 127 cm³/mol. The number of anilines is 3. The van der Waals surface area contributed by atoms with Gasteiger partial charge in [-0.1, -0.05) is 94.4 Å². The van der Waals surface area contributed by atoms with Crippen LogP contribution in [-0.4, -0.2) is 0 Å². The molecule has 4 aromatic rings. The van der Waals surface area contributed by atoms with Crippen molar-refractivity contribution in [2.45, 2.75) is 33.6 Å². The lowest BCUT2D eigenvalue weighted by Crippen LogP contribution is -2.15. The lowest BCUT2D eigenvalue weighted by atomic mass is 9.78. The molecule has 0 radical (unpaired) electrons.